The van der Waals surface area contributed by atoms with Crippen LogP contribution in [0.5, 0.6) is 0 Å². The summed E-state index contributed by atoms with van der Waals surface area (Å²) in [5, 5.41) is 2.52. The molecule has 8 heteroatoms. The van der Waals surface area contributed by atoms with Crippen molar-refractivity contribution in [3.8, 4) is 0 Å². The third kappa shape index (κ3) is 3.50. The fourth-order valence-corrected chi connectivity index (χ4v) is 2.88. The van der Waals surface area contributed by atoms with E-state index in [4.69, 9.17) is 11.6 Å². The van der Waals surface area contributed by atoms with E-state index < -0.39 is 10.0 Å². The quantitative estimate of drug-likeness (QED) is 0.840. The molecule has 1 amide bonds. The van der Waals surface area contributed by atoms with Gasteiger partial charge >= 0.3 is 0 Å². The van der Waals surface area contributed by atoms with Gasteiger partial charge in [-0.25, -0.2) is 13.4 Å². The van der Waals surface area contributed by atoms with Crippen molar-refractivity contribution in [3.05, 3.63) is 53.3 Å². The number of aromatic nitrogens is 1. The zero-order valence-electron chi connectivity index (χ0n) is 11.0. The Bertz CT molecular complexity index is 760. The maximum atomic E-state index is 12.2. The minimum Gasteiger partial charge on any atom is -0.355 e. The molecule has 0 aliphatic carbocycles. The van der Waals surface area contributed by atoms with Gasteiger partial charge < -0.3 is 5.32 Å². The summed E-state index contributed by atoms with van der Waals surface area (Å²) in [6.07, 6.45) is 1.46. The summed E-state index contributed by atoms with van der Waals surface area (Å²) in [5.74, 6) is -0.290. The summed E-state index contributed by atoms with van der Waals surface area (Å²) in [6, 6.07) is 8.62. The van der Waals surface area contributed by atoms with Gasteiger partial charge in [0.1, 0.15) is 0 Å². The molecule has 0 bridgehead atoms. The Kier molecular flexibility index (Phi) is 4.44. The number of amides is 1. The van der Waals surface area contributed by atoms with Crippen molar-refractivity contribution in [1.82, 2.24) is 10.3 Å². The molecular formula is C13H12ClN3O3S. The van der Waals surface area contributed by atoms with Crippen LogP contribution in [0.25, 0.3) is 0 Å². The Balaban J connectivity index is 2.28. The average Bonchev–Trinajstić information content (AvgIpc) is 2.49. The third-order valence-corrected chi connectivity index (χ3v) is 4.34. The molecule has 2 aromatic rings. The van der Waals surface area contributed by atoms with E-state index in [2.05, 4.69) is 15.0 Å². The summed E-state index contributed by atoms with van der Waals surface area (Å²) in [6.45, 7) is 0. The molecule has 0 spiro atoms. The standard InChI is InChI=1S/C13H12ClN3O3S/c1-15-13(18)9-4-6-10(7-5-9)21(19,20)17-11-3-2-8-16-12(11)14/h2-8,17H,1H3,(H,15,18). The zero-order valence-corrected chi connectivity index (χ0v) is 12.6. The largest absolute Gasteiger partial charge is 0.355 e. The Morgan fingerprint density at radius 3 is 2.43 bits per heavy atom. The molecule has 0 saturated carbocycles. The highest BCUT2D eigenvalue weighted by molar-refractivity contribution is 7.92. The first-order valence-corrected chi connectivity index (χ1v) is 7.75. The molecule has 1 heterocycles. The zero-order chi connectivity index (χ0) is 15.5. The summed E-state index contributed by atoms with van der Waals surface area (Å²) in [4.78, 5) is 15.2. The first-order valence-electron chi connectivity index (χ1n) is 5.89. The first-order chi connectivity index (χ1) is 9.94. The molecule has 0 fully saturated rings. The molecule has 1 aromatic heterocycles. The number of halogens is 1. The van der Waals surface area contributed by atoms with Gasteiger partial charge in [0.15, 0.2) is 5.15 Å². The van der Waals surface area contributed by atoms with E-state index in [0.29, 0.717) is 5.56 Å². The number of nitrogens with zero attached hydrogens (tertiary/aromatic N) is 1. The number of carbonyl (C=O) groups is 1. The van der Waals surface area contributed by atoms with Gasteiger partial charge in [-0.05, 0) is 36.4 Å². The predicted molar refractivity (Wildman–Crippen MR) is 79.9 cm³/mol. The molecule has 0 atom stereocenters. The van der Waals surface area contributed by atoms with E-state index >= 15 is 0 Å². The lowest BCUT2D eigenvalue weighted by Gasteiger charge is -2.09. The van der Waals surface area contributed by atoms with Crippen LogP contribution in [0.2, 0.25) is 5.15 Å². The van der Waals surface area contributed by atoms with Crippen molar-refractivity contribution in [2.45, 2.75) is 4.90 Å². The van der Waals surface area contributed by atoms with Gasteiger partial charge in [0.25, 0.3) is 15.9 Å². The fraction of sp³-hybridized carbons (Fsp3) is 0.0769. The molecule has 0 saturated heterocycles. The van der Waals surface area contributed by atoms with Crippen molar-refractivity contribution in [2.24, 2.45) is 0 Å². The molecule has 110 valence electrons. The summed E-state index contributed by atoms with van der Waals surface area (Å²) < 4.78 is 26.8. The first kappa shape index (κ1) is 15.3. The van der Waals surface area contributed by atoms with E-state index in [0.717, 1.165) is 0 Å². The van der Waals surface area contributed by atoms with Crippen molar-refractivity contribution in [2.75, 3.05) is 11.8 Å². The van der Waals surface area contributed by atoms with Gasteiger partial charge in [-0.1, -0.05) is 11.6 Å². The molecule has 0 aliphatic heterocycles. The van der Waals surface area contributed by atoms with E-state index in [1.807, 2.05) is 0 Å². The van der Waals surface area contributed by atoms with Crippen LogP contribution in [0.4, 0.5) is 5.69 Å². The van der Waals surface area contributed by atoms with E-state index in [9.17, 15) is 13.2 Å². The monoisotopic (exact) mass is 325 g/mol. The Hall–Kier alpha value is -2.12. The number of hydrogen-bond acceptors (Lipinski definition) is 4. The van der Waals surface area contributed by atoms with Gasteiger partial charge in [-0.2, -0.15) is 0 Å². The van der Waals surface area contributed by atoms with Crippen LogP contribution in [-0.2, 0) is 10.0 Å². The number of pyridine rings is 1. The van der Waals surface area contributed by atoms with E-state index in [1.54, 1.807) is 6.07 Å². The summed E-state index contributed by atoms with van der Waals surface area (Å²) >= 11 is 5.81. The number of anilines is 1. The number of carbonyl (C=O) groups excluding carboxylic acids is 1. The minimum absolute atomic E-state index is 0.0232. The maximum Gasteiger partial charge on any atom is 0.261 e. The number of sulfonamides is 1. The SMILES string of the molecule is CNC(=O)c1ccc(S(=O)(=O)Nc2cccnc2Cl)cc1. The normalized spacial score (nSPS) is 11.0. The molecule has 21 heavy (non-hydrogen) atoms. The van der Waals surface area contributed by atoms with Gasteiger partial charge in [-0.3, -0.25) is 9.52 Å². The van der Waals surface area contributed by atoms with Crippen LogP contribution in [0.15, 0.2) is 47.5 Å². The average molecular weight is 326 g/mol. The number of nitrogens with one attached hydrogen (secondary N) is 2. The summed E-state index contributed by atoms with van der Waals surface area (Å²) in [5.41, 5.74) is 0.561. The minimum atomic E-state index is -3.79. The van der Waals surface area contributed by atoms with E-state index in [1.165, 1.54) is 43.6 Å². The molecule has 2 rings (SSSR count). The Labute approximate surface area is 127 Å². The highest BCUT2D eigenvalue weighted by atomic mass is 35.5. The van der Waals surface area contributed by atoms with Gasteiger partial charge in [0.05, 0.1) is 10.6 Å². The number of rotatable bonds is 4. The van der Waals surface area contributed by atoms with Crippen LogP contribution >= 0.6 is 11.6 Å². The number of benzene rings is 1. The smallest absolute Gasteiger partial charge is 0.261 e. The van der Waals surface area contributed by atoms with E-state index in [-0.39, 0.29) is 21.6 Å². The van der Waals surface area contributed by atoms with Gasteiger partial charge in [0, 0.05) is 18.8 Å². The topological polar surface area (TPSA) is 88.2 Å². The number of hydrogen-bond donors (Lipinski definition) is 2. The van der Waals surface area contributed by atoms with Crippen molar-refractivity contribution in [3.63, 3.8) is 0 Å². The summed E-state index contributed by atoms with van der Waals surface area (Å²) in [7, 11) is -2.29. The lowest BCUT2D eigenvalue weighted by Crippen LogP contribution is -2.18. The van der Waals surface area contributed by atoms with Crippen LogP contribution < -0.4 is 10.0 Å². The van der Waals surface area contributed by atoms with Crippen molar-refractivity contribution < 1.29 is 13.2 Å². The van der Waals surface area contributed by atoms with Crippen LogP contribution in [0.1, 0.15) is 10.4 Å². The lowest BCUT2D eigenvalue weighted by atomic mass is 10.2. The second-order valence-electron chi connectivity index (χ2n) is 4.05. The molecular weight excluding hydrogens is 314 g/mol. The third-order valence-electron chi connectivity index (χ3n) is 2.66. The maximum absolute atomic E-state index is 12.2. The lowest BCUT2D eigenvalue weighted by molar-refractivity contribution is 0.0963. The van der Waals surface area contributed by atoms with Crippen molar-refractivity contribution >= 4 is 33.2 Å². The molecule has 2 N–H and O–H groups in total. The van der Waals surface area contributed by atoms with Gasteiger partial charge in [0.2, 0.25) is 0 Å². The Morgan fingerprint density at radius 1 is 1.19 bits per heavy atom. The molecule has 0 unspecified atom stereocenters. The van der Waals surface area contributed by atoms with Crippen LogP contribution in [0.3, 0.4) is 0 Å². The Morgan fingerprint density at radius 2 is 1.86 bits per heavy atom. The highest BCUT2D eigenvalue weighted by Gasteiger charge is 2.16. The fourth-order valence-electron chi connectivity index (χ4n) is 1.60. The molecule has 6 nitrogen and oxygen atoms in total. The highest BCUT2D eigenvalue weighted by Crippen LogP contribution is 2.22. The van der Waals surface area contributed by atoms with Crippen LogP contribution in [0, 0.1) is 0 Å². The van der Waals surface area contributed by atoms with Gasteiger partial charge in [-0.15, -0.1) is 0 Å². The second-order valence-corrected chi connectivity index (χ2v) is 6.09. The molecule has 0 radical (unpaired) electrons. The second kappa shape index (κ2) is 6.11. The molecule has 0 aliphatic rings. The van der Waals surface area contributed by atoms with Crippen LogP contribution in [-0.4, -0.2) is 26.4 Å². The molecule has 1 aromatic carbocycles. The predicted octanol–water partition coefficient (Wildman–Crippen LogP) is 1.90. The van der Waals surface area contributed by atoms with Crippen molar-refractivity contribution in [1.29, 1.82) is 0 Å².